The van der Waals surface area contributed by atoms with Crippen molar-refractivity contribution in [3.8, 4) is 0 Å². The van der Waals surface area contributed by atoms with Crippen molar-refractivity contribution in [1.29, 1.82) is 0 Å². The molecule has 0 aromatic heterocycles. The summed E-state index contributed by atoms with van der Waals surface area (Å²) in [5, 5.41) is 3.14. The summed E-state index contributed by atoms with van der Waals surface area (Å²) >= 11 is 0. The van der Waals surface area contributed by atoms with E-state index >= 15 is 0 Å². The quantitative estimate of drug-likeness (QED) is 0.613. The molecule has 1 nitrogen and oxygen atoms in total. The zero-order chi connectivity index (χ0) is 17.7. The van der Waals surface area contributed by atoms with Crippen molar-refractivity contribution in [3.05, 3.63) is 52.7 Å². The van der Waals surface area contributed by atoms with Crippen molar-refractivity contribution in [3.63, 3.8) is 0 Å². The number of nitrogens with one attached hydrogen (secondary N) is 1. The van der Waals surface area contributed by atoms with Gasteiger partial charge in [0, 0.05) is 18.3 Å². The molecule has 0 unspecified atom stereocenters. The number of rotatable bonds is 4. The lowest BCUT2D eigenvalue weighted by molar-refractivity contribution is 0.886. The van der Waals surface area contributed by atoms with Crippen LogP contribution in [-0.2, 0) is 0 Å². The highest BCUT2D eigenvalue weighted by atomic mass is 14.8. The first-order valence-electron chi connectivity index (χ1n) is 8.51. The average molecular weight is 304 g/mol. The monoisotopic (exact) mass is 303 g/mol. The highest BCUT2D eigenvalue weighted by molar-refractivity contribution is 5.81. The zero-order valence-corrected chi connectivity index (χ0v) is 16.4. The Bertz CT molecular complexity index is 461. The molecule has 22 heavy (non-hydrogen) atoms. The maximum absolute atomic E-state index is 4.07. The Morgan fingerprint density at radius 1 is 1.05 bits per heavy atom. The van der Waals surface area contributed by atoms with Gasteiger partial charge in [0.2, 0.25) is 0 Å². The fourth-order valence-electron chi connectivity index (χ4n) is 1.88. The van der Waals surface area contributed by atoms with E-state index in [0.29, 0.717) is 0 Å². The fourth-order valence-corrected chi connectivity index (χ4v) is 1.88. The Kier molecular flexibility index (Phi) is 13.6. The number of hydrogen-bond donors (Lipinski definition) is 1. The van der Waals surface area contributed by atoms with E-state index in [2.05, 4.69) is 71.6 Å². The van der Waals surface area contributed by atoms with E-state index in [9.17, 15) is 0 Å². The Balaban J connectivity index is 0. The number of aryl methyl sites for hydroxylation is 1. The van der Waals surface area contributed by atoms with Gasteiger partial charge in [0.25, 0.3) is 0 Å². The van der Waals surface area contributed by atoms with Crippen LogP contribution in [-0.4, -0.2) is 7.05 Å². The van der Waals surface area contributed by atoms with Gasteiger partial charge in [-0.05, 0) is 44.4 Å². The lowest BCUT2D eigenvalue weighted by Gasteiger charge is -2.16. The smallest absolute Gasteiger partial charge is 0.0343 e. The molecule has 1 aromatic rings. The maximum Gasteiger partial charge on any atom is 0.0343 e. The molecular formula is C21H37N. The van der Waals surface area contributed by atoms with Gasteiger partial charge in [-0.15, -0.1) is 0 Å². The second-order valence-electron chi connectivity index (χ2n) is 5.35. The fraction of sp³-hybridized carbons (Fsp3) is 0.524. The molecule has 0 bridgehead atoms. The Hall–Kier alpha value is -1.50. The van der Waals surface area contributed by atoms with Crippen molar-refractivity contribution >= 4 is 5.57 Å². The molecular weight excluding hydrogens is 266 g/mol. The van der Waals surface area contributed by atoms with Crippen molar-refractivity contribution < 1.29 is 0 Å². The molecule has 0 saturated heterocycles. The molecule has 0 aliphatic heterocycles. The molecule has 0 amide bonds. The van der Waals surface area contributed by atoms with E-state index in [-0.39, 0.29) is 0 Å². The van der Waals surface area contributed by atoms with Crippen LogP contribution in [0.2, 0.25) is 0 Å². The Morgan fingerprint density at radius 2 is 1.55 bits per heavy atom. The Labute approximate surface area is 139 Å². The third-order valence-electron chi connectivity index (χ3n) is 3.48. The van der Waals surface area contributed by atoms with Gasteiger partial charge in [-0.3, -0.25) is 0 Å². The van der Waals surface area contributed by atoms with Crippen LogP contribution in [0.4, 0.5) is 0 Å². The van der Waals surface area contributed by atoms with Gasteiger partial charge in [-0.25, -0.2) is 0 Å². The van der Waals surface area contributed by atoms with Crippen LogP contribution in [0.5, 0.6) is 0 Å². The number of likely N-dealkylation sites (N-methyl/N-ethyl adjacent to an activating group) is 1. The van der Waals surface area contributed by atoms with Crippen LogP contribution in [0.25, 0.3) is 5.57 Å². The van der Waals surface area contributed by atoms with Crippen LogP contribution in [0.1, 0.15) is 71.1 Å². The molecule has 1 heteroatoms. The first kappa shape index (κ1) is 22.8. The van der Waals surface area contributed by atoms with Crippen LogP contribution >= 0.6 is 0 Å². The first-order chi connectivity index (χ1) is 10.4. The molecule has 0 aliphatic rings. The minimum Gasteiger partial charge on any atom is -0.388 e. The molecule has 1 rings (SSSR count). The molecule has 0 saturated carbocycles. The van der Waals surface area contributed by atoms with Gasteiger partial charge in [0.15, 0.2) is 0 Å². The van der Waals surface area contributed by atoms with Crippen molar-refractivity contribution in [2.75, 3.05) is 7.05 Å². The molecule has 0 atom stereocenters. The summed E-state index contributed by atoms with van der Waals surface area (Å²) in [4.78, 5) is 0. The number of unbranched alkanes of at least 4 members (excludes halogenated alkanes) is 1. The number of benzene rings is 1. The molecule has 0 radical (unpaired) electrons. The molecule has 0 spiro atoms. The molecule has 0 aliphatic carbocycles. The van der Waals surface area contributed by atoms with E-state index < -0.39 is 0 Å². The number of allylic oxidation sites excluding steroid dienone is 2. The lowest BCUT2D eigenvalue weighted by atomic mass is 9.92. The van der Waals surface area contributed by atoms with E-state index in [1.165, 1.54) is 40.7 Å². The summed E-state index contributed by atoms with van der Waals surface area (Å²) in [5.74, 6) is 0. The van der Waals surface area contributed by atoms with Gasteiger partial charge in [-0.2, -0.15) is 0 Å². The maximum atomic E-state index is 4.07. The standard InChI is InChI=1S/C15H21N.C4H10.C2H6/c1-10(2)15(13(5)16-6)14-9-7-8-11(3)12(14)4;1-3-4-2;1-2/h7-9,16H,5H2,1-4,6H3;3-4H2,1-2H3;1-2H3. The summed E-state index contributed by atoms with van der Waals surface area (Å²) < 4.78 is 0. The van der Waals surface area contributed by atoms with Crippen LogP contribution in [0.3, 0.4) is 0 Å². The van der Waals surface area contributed by atoms with E-state index in [0.717, 1.165) is 5.70 Å². The van der Waals surface area contributed by atoms with E-state index in [1.54, 1.807) is 0 Å². The molecule has 1 N–H and O–H groups in total. The lowest BCUT2D eigenvalue weighted by Crippen LogP contribution is -2.08. The minimum atomic E-state index is 0.980. The summed E-state index contributed by atoms with van der Waals surface area (Å²) in [5.41, 5.74) is 7.42. The van der Waals surface area contributed by atoms with Gasteiger partial charge < -0.3 is 5.32 Å². The van der Waals surface area contributed by atoms with Crippen LogP contribution in [0, 0.1) is 13.8 Å². The minimum absolute atomic E-state index is 0.980. The van der Waals surface area contributed by atoms with Crippen molar-refractivity contribution in [2.24, 2.45) is 0 Å². The molecule has 0 fully saturated rings. The summed E-state index contributed by atoms with van der Waals surface area (Å²) in [6, 6.07) is 6.40. The van der Waals surface area contributed by atoms with Gasteiger partial charge in [0.05, 0.1) is 0 Å². The predicted octanol–water partition coefficient (Wildman–Crippen LogP) is 6.66. The van der Waals surface area contributed by atoms with Crippen molar-refractivity contribution in [2.45, 2.75) is 68.2 Å². The molecule has 1 aromatic carbocycles. The first-order valence-corrected chi connectivity index (χ1v) is 8.51. The van der Waals surface area contributed by atoms with Crippen LogP contribution in [0.15, 0.2) is 36.0 Å². The topological polar surface area (TPSA) is 12.0 Å². The SMILES string of the molecule is C=C(NC)C(=C(C)C)c1cccc(C)c1C.CC.CCCC. The second kappa shape index (κ2) is 13.2. The largest absolute Gasteiger partial charge is 0.388 e. The van der Waals surface area contributed by atoms with Crippen LogP contribution < -0.4 is 5.32 Å². The predicted molar refractivity (Wildman–Crippen MR) is 104 cm³/mol. The highest BCUT2D eigenvalue weighted by Gasteiger charge is 2.10. The summed E-state index contributed by atoms with van der Waals surface area (Å²) in [7, 11) is 1.91. The Morgan fingerprint density at radius 3 is 1.91 bits per heavy atom. The van der Waals surface area contributed by atoms with E-state index in [1.807, 2.05) is 20.9 Å². The normalized spacial score (nSPS) is 8.77. The van der Waals surface area contributed by atoms with Gasteiger partial charge in [-0.1, -0.05) is 70.9 Å². The molecule has 126 valence electrons. The second-order valence-corrected chi connectivity index (χ2v) is 5.35. The van der Waals surface area contributed by atoms with Gasteiger partial charge >= 0.3 is 0 Å². The van der Waals surface area contributed by atoms with E-state index in [4.69, 9.17) is 0 Å². The summed E-state index contributed by atoms with van der Waals surface area (Å²) in [6.07, 6.45) is 2.64. The third kappa shape index (κ3) is 7.49. The average Bonchev–Trinajstić information content (AvgIpc) is 2.53. The summed E-state index contributed by atoms with van der Waals surface area (Å²) in [6.45, 7) is 21.0. The third-order valence-corrected chi connectivity index (χ3v) is 3.48. The number of hydrogen-bond acceptors (Lipinski definition) is 1. The molecule has 0 heterocycles. The van der Waals surface area contributed by atoms with Gasteiger partial charge in [0.1, 0.15) is 0 Å². The van der Waals surface area contributed by atoms with Crippen molar-refractivity contribution in [1.82, 2.24) is 5.32 Å². The zero-order valence-electron chi connectivity index (χ0n) is 16.4. The highest BCUT2D eigenvalue weighted by Crippen LogP contribution is 2.28.